The first kappa shape index (κ1) is 18.9. The highest BCUT2D eigenvalue weighted by atomic mass is 16.6. The number of rotatable bonds is 3. The molecule has 0 unspecified atom stereocenters. The van der Waals surface area contributed by atoms with Crippen molar-refractivity contribution in [2.75, 3.05) is 31.6 Å². The number of fused-ring (bicyclic) bond motifs is 2. The van der Waals surface area contributed by atoms with Crippen molar-refractivity contribution >= 4 is 22.6 Å². The van der Waals surface area contributed by atoms with Gasteiger partial charge in [0.15, 0.2) is 17.3 Å². The van der Waals surface area contributed by atoms with Crippen LogP contribution in [0.15, 0.2) is 40.8 Å². The zero-order chi connectivity index (χ0) is 20.7. The van der Waals surface area contributed by atoms with Crippen LogP contribution in [0.1, 0.15) is 34.5 Å². The molecule has 0 saturated carbocycles. The molecule has 1 amide bonds. The lowest BCUT2D eigenvalue weighted by atomic mass is 10.0. The second kappa shape index (κ2) is 7.59. The van der Waals surface area contributed by atoms with Crippen molar-refractivity contribution in [1.29, 1.82) is 0 Å². The van der Waals surface area contributed by atoms with Crippen LogP contribution in [0, 0.1) is 13.8 Å². The van der Waals surface area contributed by atoms with Crippen molar-refractivity contribution in [3.05, 3.63) is 53.3 Å². The third-order valence-corrected chi connectivity index (χ3v) is 5.91. The second-order valence-corrected chi connectivity index (χ2v) is 8.15. The van der Waals surface area contributed by atoms with Crippen molar-refractivity contribution in [2.24, 2.45) is 0 Å². The van der Waals surface area contributed by atoms with E-state index in [0.29, 0.717) is 25.5 Å². The highest BCUT2D eigenvalue weighted by Crippen LogP contribution is 2.33. The van der Waals surface area contributed by atoms with Gasteiger partial charge in [-0.25, -0.2) is 0 Å². The second-order valence-electron chi connectivity index (χ2n) is 8.15. The fourth-order valence-corrected chi connectivity index (χ4v) is 4.33. The van der Waals surface area contributed by atoms with E-state index < -0.39 is 0 Å². The molecule has 6 heteroatoms. The number of benzene rings is 2. The van der Waals surface area contributed by atoms with Gasteiger partial charge in [0.1, 0.15) is 18.8 Å². The zero-order valence-corrected chi connectivity index (χ0v) is 17.4. The predicted molar refractivity (Wildman–Crippen MR) is 116 cm³/mol. The van der Waals surface area contributed by atoms with Crippen molar-refractivity contribution < 1.29 is 18.7 Å². The summed E-state index contributed by atoms with van der Waals surface area (Å²) in [6.45, 7) is 6.52. The minimum Gasteiger partial charge on any atom is -0.486 e. The molecule has 30 heavy (non-hydrogen) atoms. The summed E-state index contributed by atoms with van der Waals surface area (Å²) >= 11 is 0. The highest BCUT2D eigenvalue weighted by molar-refractivity contribution is 5.99. The van der Waals surface area contributed by atoms with E-state index in [9.17, 15) is 4.79 Å². The molecule has 2 aromatic carbocycles. The molecule has 1 fully saturated rings. The molecular formula is C24H26N2O4. The van der Waals surface area contributed by atoms with Gasteiger partial charge in [-0.05, 0) is 50.5 Å². The zero-order valence-electron chi connectivity index (χ0n) is 17.4. The van der Waals surface area contributed by atoms with Gasteiger partial charge in [0, 0.05) is 41.8 Å². The predicted octanol–water partition coefficient (Wildman–Crippen LogP) is 4.54. The van der Waals surface area contributed by atoms with E-state index in [4.69, 9.17) is 13.9 Å². The summed E-state index contributed by atoms with van der Waals surface area (Å²) in [5, 5.41) is 4.56. The molecule has 2 aliphatic heterocycles. The normalized spacial score (nSPS) is 18.5. The van der Waals surface area contributed by atoms with Crippen molar-refractivity contribution in [3.8, 4) is 11.5 Å². The first-order valence-electron chi connectivity index (χ1n) is 10.5. The Morgan fingerprint density at radius 1 is 1.07 bits per heavy atom. The Kier molecular flexibility index (Phi) is 4.77. The van der Waals surface area contributed by atoms with E-state index in [2.05, 4.69) is 5.32 Å². The van der Waals surface area contributed by atoms with Gasteiger partial charge in [-0.1, -0.05) is 12.1 Å². The monoisotopic (exact) mass is 406 g/mol. The lowest BCUT2D eigenvalue weighted by Crippen LogP contribution is -2.45. The minimum atomic E-state index is -0.0324. The first-order chi connectivity index (χ1) is 14.6. The number of amides is 1. The number of piperidine rings is 1. The number of anilines is 1. The van der Waals surface area contributed by atoms with E-state index in [1.54, 1.807) is 0 Å². The fraction of sp³-hybridized carbons (Fsp3) is 0.375. The molecule has 1 N–H and O–H groups in total. The number of nitrogens with one attached hydrogen (secondary N) is 1. The van der Waals surface area contributed by atoms with E-state index in [-0.39, 0.29) is 11.9 Å². The summed E-state index contributed by atoms with van der Waals surface area (Å²) in [6, 6.07) is 12.2. The molecule has 156 valence electrons. The topological polar surface area (TPSA) is 63.9 Å². The first-order valence-corrected chi connectivity index (χ1v) is 10.5. The Bertz CT molecular complexity index is 1100. The summed E-state index contributed by atoms with van der Waals surface area (Å²) in [7, 11) is 0. The fourth-order valence-electron chi connectivity index (χ4n) is 4.33. The number of hydrogen-bond donors (Lipinski definition) is 1. The molecule has 0 spiro atoms. The number of hydrogen-bond acceptors (Lipinski definition) is 5. The number of furan rings is 1. The van der Waals surface area contributed by atoms with E-state index >= 15 is 0 Å². The SMILES string of the molecule is Cc1ccc2c(C)c(C(=O)N3CCC[C@H](Nc4ccc5c(c4)OCCO5)C3)oc2c1. The molecule has 2 aliphatic rings. The van der Waals surface area contributed by atoms with Gasteiger partial charge in [0.25, 0.3) is 5.91 Å². The Morgan fingerprint density at radius 2 is 1.90 bits per heavy atom. The molecule has 1 atom stereocenters. The van der Waals surface area contributed by atoms with Crippen LogP contribution < -0.4 is 14.8 Å². The number of aryl methyl sites for hydroxylation is 2. The van der Waals surface area contributed by atoms with Gasteiger partial charge >= 0.3 is 0 Å². The standard InChI is InChI=1S/C24H26N2O4/c1-15-5-7-19-16(2)23(30-21(19)12-15)24(27)26-9-3-4-18(14-26)25-17-6-8-20-22(13-17)29-11-10-28-20/h5-8,12-13,18,25H,3-4,9-11,14H2,1-2H3/t18-/m0/s1. The van der Waals surface area contributed by atoms with Crippen LogP contribution in [0.25, 0.3) is 11.0 Å². The third kappa shape index (κ3) is 3.47. The molecule has 0 bridgehead atoms. The Morgan fingerprint density at radius 3 is 2.77 bits per heavy atom. The minimum absolute atomic E-state index is 0.0324. The number of ether oxygens (including phenoxy) is 2. The third-order valence-electron chi connectivity index (χ3n) is 5.91. The van der Waals surface area contributed by atoms with Crippen LogP contribution in [0.4, 0.5) is 5.69 Å². The van der Waals surface area contributed by atoms with Crippen LogP contribution >= 0.6 is 0 Å². The van der Waals surface area contributed by atoms with Gasteiger partial charge < -0.3 is 24.1 Å². The van der Waals surface area contributed by atoms with Crippen molar-refractivity contribution in [1.82, 2.24) is 4.90 Å². The highest BCUT2D eigenvalue weighted by Gasteiger charge is 2.28. The molecule has 1 saturated heterocycles. The van der Waals surface area contributed by atoms with Crippen LogP contribution in [0.5, 0.6) is 11.5 Å². The largest absolute Gasteiger partial charge is 0.486 e. The number of carbonyl (C=O) groups is 1. The molecule has 0 aliphatic carbocycles. The Balaban J connectivity index is 1.32. The summed E-state index contributed by atoms with van der Waals surface area (Å²) < 4.78 is 17.2. The molecule has 3 heterocycles. The van der Waals surface area contributed by atoms with Crippen LogP contribution in [0.3, 0.4) is 0 Å². The maximum atomic E-state index is 13.2. The molecule has 1 aromatic heterocycles. The summed E-state index contributed by atoms with van der Waals surface area (Å²) in [5.74, 6) is 1.97. The quantitative estimate of drug-likeness (QED) is 0.692. The summed E-state index contributed by atoms with van der Waals surface area (Å²) in [4.78, 5) is 15.1. The van der Waals surface area contributed by atoms with Crippen molar-refractivity contribution in [3.63, 3.8) is 0 Å². The van der Waals surface area contributed by atoms with Crippen LogP contribution in [-0.4, -0.2) is 43.2 Å². The van der Waals surface area contributed by atoms with E-state index in [0.717, 1.165) is 58.7 Å². The molecular weight excluding hydrogens is 380 g/mol. The van der Waals surface area contributed by atoms with Crippen LogP contribution in [0.2, 0.25) is 0 Å². The van der Waals surface area contributed by atoms with Crippen LogP contribution in [-0.2, 0) is 0 Å². The van der Waals surface area contributed by atoms with Gasteiger partial charge in [-0.15, -0.1) is 0 Å². The number of likely N-dealkylation sites (tertiary alicyclic amines) is 1. The lowest BCUT2D eigenvalue weighted by Gasteiger charge is -2.33. The molecule has 0 radical (unpaired) electrons. The smallest absolute Gasteiger partial charge is 0.289 e. The maximum absolute atomic E-state index is 13.2. The summed E-state index contributed by atoms with van der Waals surface area (Å²) in [6.07, 6.45) is 1.96. The van der Waals surface area contributed by atoms with Gasteiger partial charge in [-0.2, -0.15) is 0 Å². The Hall–Kier alpha value is -3.15. The maximum Gasteiger partial charge on any atom is 0.289 e. The average molecular weight is 406 g/mol. The molecule has 6 nitrogen and oxygen atoms in total. The number of nitrogens with zero attached hydrogens (tertiary/aromatic N) is 1. The van der Waals surface area contributed by atoms with Gasteiger partial charge in [0.2, 0.25) is 0 Å². The van der Waals surface area contributed by atoms with E-state index in [1.165, 1.54) is 0 Å². The number of carbonyl (C=O) groups excluding carboxylic acids is 1. The van der Waals surface area contributed by atoms with E-state index in [1.807, 2.05) is 55.1 Å². The van der Waals surface area contributed by atoms with Gasteiger partial charge in [0.05, 0.1) is 0 Å². The Labute approximate surface area is 175 Å². The van der Waals surface area contributed by atoms with Gasteiger partial charge in [-0.3, -0.25) is 4.79 Å². The lowest BCUT2D eigenvalue weighted by molar-refractivity contribution is 0.0684. The summed E-state index contributed by atoms with van der Waals surface area (Å²) in [5.41, 5.74) is 3.79. The molecule has 3 aromatic rings. The molecule has 5 rings (SSSR count). The average Bonchev–Trinajstić information content (AvgIpc) is 3.09. The van der Waals surface area contributed by atoms with Crippen molar-refractivity contribution in [2.45, 2.75) is 32.7 Å².